The molecule has 0 radical (unpaired) electrons. The summed E-state index contributed by atoms with van der Waals surface area (Å²) in [7, 11) is -3.37. The highest BCUT2D eigenvalue weighted by molar-refractivity contribution is 7.91. The molecule has 0 amide bonds. The maximum Gasteiger partial charge on any atom is 0.254 e. The first-order valence-corrected chi connectivity index (χ1v) is 7.85. The number of sulfonamides is 1. The Morgan fingerprint density at radius 2 is 2.44 bits per heavy atom. The van der Waals surface area contributed by atoms with Crippen molar-refractivity contribution in [3.05, 3.63) is 11.2 Å². The van der Waals surface area contributed by atoms with Crippen molar-refractivity contribution < 1.29 is 8.42 Å². The van der Waals surface area contributed by atoms with Crippen LogP contribution in [0, 0.1) is 6.92 Å². The molecule has 0 N–H and O–H groups in total. The summed E-state index contributed by atoms with van der Waals surface area (Å²) in [6, 6.07) is -0.0610. The summed E-state index contributed by atoms with van der Waals surface area (Å²) in [4.78, 5) is 3.98. The van der Waals surface area contributed by atoms with Gasteiger partial charge in [0.05, 0.1) is 11.2 Å². The fourth-order valence-electron chi connectivity index (χ4n) is 1.86. The maximum absolute atomic E-state index is 12.3. The van der Waals surface area contributed by atoms with E-state index < -0.39 is 10.0 Å². The van der Waals surface area contributed by atoms with Gasteiger partial charge in [-0.2, -0.15) is 4.31 Å². The molecule has 1 aliphatic rings. The van der Waals surface area contributed by atoms with Gasteiger partial charge in [0.2, 0.25) is 0 Å². The molecule has 0 aliphatic carbocycles. The van der Waals surface area contributed by atoms with Crippen LogP contribution in [0.4, 0.5) is 0 Å². The third kappa shape index (κ3) is 2.11. The number of rotatable bonds is 3. The van der Waals surface area contributed by atoms with E-state index in [-0.39, 0.29) is 6.04 Å². The molecule has 0 bridgehead atoms. The Morgan fingerprint density at radius 3 is 3.00 bits per heavy atom. The third-order valence-corrected chi connectivity index (χ3v) is 6.32. The van der Waals surface area contributed by atoms with Crippen molar-refractivity contribution in [1.29, 1.82) is 0 Å². The molecule has 0 saturated carbocycles. The molecule has 1 unspecified atom stereocenters. The van der Waals surface area contributed by atoms with Crippen molar-refractivity contribution in [2.24, 2.45) is 0 Å². The van der Waals surface area contributed by atoms with E-state index in [4.69, 9.17) is 11.6 Å². The van der Waals surface area contributed by atoms with E-state index in [2.05, 4.69) is 4.98 Å². The molecule has 0 spiro atoms. The maximum atomic E-state index is 12.3. The van der Waals surface area contributed by atoms with Crippen LogP contribution in [0.15, 0.2) is 10.4 Å². The van der Waals surface area contributed by atoms with Crippen LogP contribution in [0.1, 0.15) is 17.8 Å². The topological polar surface area (TPSA) is 50.3 Å². The number of thiazole rings is 1. The Bertz CT molecular complexity index is 472. The van der Waals surface area contributed by atoms with Crippen molar-refractivity contribution >= 4 is 33.0 Å². The van der Waals surface area contributed by atoms with Gasteiger partial charge >= 0.3 is 0 Å². The molecule has 2 heterocycles. The zero-order valence-electron chi connectivity index (χ0n) is 8.89. The Kier molecular flexibility index (Phi) is 3.53. The van der Waals surface area contributed by atoms with E-state index in [1.807, 2.05) is 0 Å². The number of hydrogen-bond donors (Lipinski definition) is 0. The summed E-state index contributed by atoms with van der Waals surface area (Å²) in [5, 5.41) is 0.764. The van der Waals surface area contributed by atoms with Crippen LogP contribution in [-0.2, 0) is 10.0 Å². The summed E-state index contributed by atoms with van der Waals surface area (Å²) >= 11 is 6.99. The molecule has 1 saturated heterocycles. The largest absolute Gasteiger partial charge is 0.254 e. The fourth-order valence-corrected chi connectivity index (χ4v) is 5.19. The second-order valence-corrected chi connectivity index (χ2v) is 7.43. The molecule has 16 heavy (non-hydrogen) atoms. The predicted octanol–water partition coefficient (Wildman–Crippen LogP) is 1.84. The minimum Gasteiger partial charge on any atom is -0.249 e. The van der Waals surface area contributed by atoms with Crippen LogP contribution in [0.3, 0.4) is 0 Å². The van der Waals surface area contributed by atoms with Gasteiger partial charge in [0, 0.05) is 18.5 Å². The number of aromatic nitrogens is 1. The molecule has 1 aromatic heterocycles. The zero-order chi connectivity index (χ0) is 11.8. The molecule has 7 heteroatoms. The second-order valence-electron chi connectivity index (χ2n) is 3.76. The van der Waals surface area contributed by atoms with Crippen LogP contribution in [0.25, 0.3) is 0 Å². The molecule has 1 aliphatic heterocycles. The van der Waals surface area contributed by atoms with Gasteiger partial charge in [0.15, 0.2) is 4.21 Å². The average Bonchev–Trinajstić information content (AvgIpc) is 2.85. The predicted molar refractivity (Wildman–Crippen MR) is 64.5 cm³/mol. The number of aryl methyl sites for hydroxylation is 1. The number of halogens is 1. The van der Waals surface area contributed by atoms with Crippen LogP contribution in [0.2, 0.25) is 0 Å². The highest BCUT2D eigenvalue weighted by Crippen LogP contribution is 2.29. The summed E-state index contributed by atoms with van der Waals surface area (Å²) in [6.45, 7) is 2.36. The number of hydrogen-bond acceptors (Lipinski definition) is 4. The van der Waals surface area contributed by atoms with Gasteiger partial charge < -0.3 is 0 Å². The molecule has 2 rings (SSSR count). The quantitative estimate of drug-likeness (QED) is 0.794. The molecular formula is C9H13ClN2O2S2. The molecule has 1 fully saturated rings. The summed E-state index contributed by atoms with van der Waals surface area (Å²) in [5.74, 6) is 0.358. The van der Waals surface area contributed by atoms with E-state index in [1.54, 1.807) is 6.92 Å². The van der Waals surface area contributed by atoms with E-state index in [9.17, 15) is 8.42 Å². The van der Waals surface area contributed by atoms with Crippen LogP contribution < -0.4 is 0 Å². The molecule has 0 aromatic carbocycles. The van der Waals surface area contributed by atoms with E-state index in [1.165, 1.54) is 21.8 Å². The molecule has 1 aromatic rings. The normalized spacial score (nSPS) is 22.8. The smallest absolute Gasteiger partial charge is 0.249 e. The van der Waals surface area contributed by atoms with Crippen molar-refractivity contribution in [3.63, 3.8) is 0 Å². The lowest BCUT2D eigenvalue weighted by Crippen LogP contribution is -2.36. The Balaban J connectivity index is 2.32. The first kappa shape index (κ1) is 12.3. The minimum absolute atomic E-state index is 0.0610. The Labute approximate surface area is 104 Å². The lowest BCUT2D eigenvalue weighted by Gasteiger charge is -2.20. The Hall–Kier alpha value is -0.170. The lowest BCUT2D eigenvalue weighted by atomic mass is 10.3. The van der Waals surface area contributed by atoms with Crippen molar-refractivity contribution in [2.45, 2.75) is 30.0 Å². The number of nitrogens with zero attached hydrogens (tertiary/aromatic N) is 2. The molecule has 1 atom stereocenters. The lowest BCUT2D eigenvalue weighted by molar-refractivity contribution is 0.412. The standard InChI is InChI=1S/C9H13ClN2O2S2/c1-7-11-6-9(15-7)16(13,14)12-4-2-3-8(12)5-10/h6,8H,2-5H2,1H3. The monoisotopic (exact) mass is 280 g/mol. The van der Waals surface area contributed by atoms with E-state index in [0.29, 0.717) is 16.6 Å². The van der Waals surface area contributed by atoms with Gasteiger partial charge in [-0.05, 0) is 19.8 Å². The van der Waals surface area contributed by atoms with Crippen LogP contribution >= 0.6 is 22.9 Å². The molecule has 4 nitrogen and oxygen atoms in total. The highest BCUT2D eigenvalue weighted by atomic mass is 35.5. The highest BCUT2D eigenvalue weighted by Gasteiger charge is 2.35. The second kappa shape index (κ2) is 4.60. The van der Waals surface area contributed by atoms with Gasteiger partial charge in [0.25, 0.3) is 10.0 Å². The van der Waals surface area contributed by atoms with Crippen molar-refractivity contribution in [3.8, 4) is 0 Å². The summed E-state index contributed by atoms with van der Waals surface area (Å²) in [6.07, 6.45) is 3.16. The van der Waals surface area contributed by atoms with E-state index in [0.717, 1.165) is 17.8 Å². The van der Waals surface area contributed by atoms with E-state index >= 15 is 0 Å². The first-order valence-electron chi connectivity index (χ1n) is 5.06. The average molecular weight is 281 g/mol. The minimum atomic E-state index is -3.37. The summed E-state index contributed by atoms with van der Waals surface area (Å²) in [5.41, 5.74) is 0. The van der Waals surface area contributed by atoms with Gasteiger partial charge in [0.1, 0.15) is 0 Å². The van der Waals surface area contributed by atoms with Crippen molar-refractivity contribution in [2.75, 3.05) is 12.4 Å². The van der Waals surface area contributed by atoms with Gasteiger partial charge in [-0.15, -0.1) is 22.9 Å². The van der Waals surface area contributed by atoms with Crippen molar-refractivity contribution in [1.82, 2.24) is 9.29 Å². The van der Waals surface area contributed by atoms with Gasteiger partial charge in [-0.1, -0.05) is 0 Å². The van der Waals surface area contributed by atoms with Gasteiger partial charge in [-0.25, -0.2) is 13.4 Å². The molecule has 90 valence electrons. The Morgan fingerprint density at radius 1 is 1.69 bits per heavy atom. The third-order valence-electron chi connectivity index (χ3n) is 2.66. The van der Waals surface area contributed by atoms with Crippen LogP contribution in [-0.4, -0.2) is 36.2 Å². The zero-order valence-corrected chi connectivity index (χ0v) is 11.3. The summed E-state index contributed by atoms with van der Waals surface area (Å²) < 4.78 is 26.3. The first-order chi connectivity index (χ1) is 7.55. The SMILES string of the molecule is Cc1ncc(S(=O)(=O)N2CCCC2CCl)s1. The number of alkyl halides is 1. The van der Waals surface area contributed by atoms with Crippen LogP contribution in [0.5, 0.6) is 0 Å². The fraction of sp³-hybridized carbons (Fsp3) is 0.667. The van der Waals surface area contributed by atoms with Gasteiger partial charge in [-0.3, -0.25) is 0 Å². The molecular weight excluding hydrogens is 268 g/mol.